The molecule has 20 heavy (non-hydrogen) atoms. The maximum atomic E-state index is 9.85. The third-order valence-electron chi connectivity index (χ3n) is 2.19. The maximum absolute atomic E-state index is 9.85. The highest BCUT2D eigenvalue weighted by Gasteiger charge is 2.14. The number of halogens is 1. The van der Waals surface area contributed by atoms with Gasteiger partial charge in [-0.2, -0.15) is 0 Å². The minimum Gasteiger partial charge on any atom is -0.473 e. The van der Waals surface area contributed by atoms with Gasteiger partial charge < -0.3 is 15.2 Å². The number of aliphatic hydroxyl groups excluding tert-OH is 1. The summed E-state index contributed by atoms with van der Waals surface area (Å²) in [6, 6.07) is 0. The Morgan fingerprint density at radius 3 is 2.60 bits per heavy atom. The van der Waals surface area contributed by atoms with E-state index in [1.165, 1.54) is 0 Å². The zero-order valence-corrected chi connectivity index (χ0v) is 14.1. The predicted octanol–water partition coefficient (Wildman–Crippen LogP) is 2.14. The third kappa shape index (κ3) is 7.89. The molecule has 0 aliphatic carbocycles. The van der Waals surface area contributed by atoms with E-state index in [9.17, 15) is 5.11 Å². The lowest BCUT2D eigenvalue weighted by Gasteiger charge is -2.22. The summed E-state index contributed by atoms with van der Waals surface area (Å²) in [6.07, 6.45) is 2.66. The third-order valence-corrected chi connectivity index (χ3v) is 3.04. The fraction of sp³-hybridized carbons (Fsp3) is 0.692. The normalized spacial score (nSPS) is 12.7. The quantitative estimate of drug-likeness (QED) is 0.750. The monoisotopic (exact) mass is 321 g/mol. The van der Waals surface area contributed by atoms with E-state index in [1.54, 1.807) is 24.2 Å². The summed E-state index contributed by atoms with van der Waals surface area (Å²) in [5, 5.41) is 13.8. The van der Waals surface area contributed by atoms with E-state index in [2.05, 4.69) is 36.1 Å². The molecule has 0 fully saturated rings. The van der Waals surface area contributed by atoms with E-state index in [-0.39, 0.29) is 24.6 Å². The lowest BCUT2D eigenvalue weighted by atomic mass is 10.1. The number of aliphatic hydroxyl groups is 1. The molecule has 2 N–H and O–H groups in total. The smallest absolute Gasteiger partial charge is 0.246 e. The molecule has 0 radical (unpaired) electrons. The number of thioether (sulfide) groups is 1. The second kappa shape index (κ2) is 9.39. The van der Waals surface area contributed by atoms with E-state index >= 15 is 0 Å². The van der Waals surface area contributed by atoms with Crippen LogP contribution in [0.15, 0.2) is 17.4 Å². The van der Waals surface area contributed by atoms with Crippen LogP contribution in [0.1, 0.15) is 27.7 Å². The van der Waals surface area contributed by atoms with E-state index in [0.29, 0.717) is 12.4 Å². The molecule has 0 aromatic carbocycles. The van der Waals surface area contributed by atoms with Gasteiger partial charge in [-0.05, 0) is 26.5 Å². The summed E-state index contributed by atoms with van der Waals surface area (Å²) in [4.78, 5) is 8.35. The highest BCUT2D eigenvalue weighted by atomic mass is 35.5. The standard InChI is InChI=1S/C13H23N3O2S.ClH/c1-5-19-12-11(14-6-7-15-12)18-9-10(17)8-16-13(2,3)4;/h6-7,10,16-17H,5,8-9H2,1-4H3;1H. The zero-order chi connectivity index (χ0) is 14.3. The summed E-state index contributed by atoms with van der Waals surface area (Å²) in [6.45, 7) is 8.90. The number of β-amino-alcohol motifs (C(OH)–C–C–N with tert-alkyl or cyclic N) is 1. The summed E-state index contributed by atoms with van der Waals surface area (Å²) in [5.41, 5.74) is -0.0171. The fourth-order valence-electron chi connectivity index (χ4n) is 1.31. The molecule has 116 valence electrons. The number of nitrogens with one attached hydrogen (secondary N) is 1. The highest BCUT2D eigenvalue weighted by molar-refractivity contribution is 7.99. The van der Waals surface area contributed by atoms with Gasteiger partial charge in [-0.25, -0.2) is 9.97 Å². The van der Waals surface area contributed by atoms with Crippen LogP contribution in [-0.2, 0) is 0 Å². The Morgan fingerprint density at radius 2 is 2.00 bits per heavy atom. The first-order valence-electron chi connectivity index (χ1n) is 6.42. The van der Waals surface area contributed by atoms with Crippen molar-refractivity contribution >= 4 is 24.2 Å². The van der Waals surface area contributed by atoms with Crippen molar-refractivity contribution in [3.8, 4) is 5.88 Å². The second-order valence-corrected chi connectivity index (χ2v) is 6.45. The van der Waals surface area contributed by atoms with Crippen LogP contribution in [0.4, 0.5) is 0 Å². The lowest BCUT2D eigenvalue weighted by molar-refractivity contribution is 0.0958. The van der Waals surface area contributed by atoms with Gasteiger partial charge in [-0.3, -0.25) is 0 Å². The summed E-state index contributed by atoms with van der Waals surface area (Å²) >= 11 is 1.58. The molecule has 1 atom stereocenters. The maximum Gasteiger partial charge on any atom is 0.246 e. The van der Waals surface area contributed by atoms with Crippen molar-refractivity contribution in [3.63, 3.8) is 0 Å². The van der Waals surface area contributed by atoms with Gasteiger partial charge in [0.05, 0.1) is 0 Å². The Labute approximate surface area is 131 Å². The fourth-order valence-corrected chi connectivity index (χ4v) is 1.95. The van der Waals surface area contributed by atoms with Gasteiger partial charge >= 0.3 is 0 Å². The number of ether oxygens (including phenoxy) is 1. The van der Waals surface area contributed by atoms with Crippen LogP contribution in [-0.4, -0.2) is 45.6 Å². The molecule has 0 spiro atoms. The average Bonchev–Trinajstić information content (AvgIpc) is 2.35. The molecule has 1 heterocycles. The molecular formula is C13H24ClN3O2S. The van der Waals surface area contributed by atoms with E-state index in [0.717, 1.165) is 10.8 Å². The number of rotatable bonds is 7. The van der Waals surface area contributed by atoms with Crippen LogP contribution in [0.3, 0.4) is 0 Å². The number of hydrogen-bond acceptors (Lipinski definition) is 6. The highest BCUT2D eigenvalue weighted by Crippen LogP contribution is 2.23. The largest absolute Gasteiger partial charge is 0.473 e. The molecule has 0 aliphatic heterocycles. The number of aromatic nitrogens is 2. The molecule has 1 aromatic heterocycles. The Bertz CT molecular complexity index is 388. The van der Waals surface area contributed by atoms with E-state index in [4.69, 9.17) is 4.74 Å². The molecule has 0 saturated carbocycles. The van der Waals surface area contributed by atoms with E-state index in [1.807, 2.05) is 6.92 Å². The predicted molar refractivity (Wildman–Crippen MR) is 84.9 cm³/mol. The zero-order valence-electron chi connectivity index (χ0n) is 12.4. The lowest BCUT2D eigenvalue weighted by Crippen LogP contribution is -2.42. The SMILES string of the molecule is CCSc1nccnc1OCC(O)CNC(C)(C)C.Cl. The number of nitrogens with zero attached hydrogens (tertiary/aromatic N) is 2. The van der Waals surface area contributed by atoms with Crippen molar-refractivity contribution in [1.82, 2.24) is 15.3 Å². The van der Waals surface area contributed by atoms with Crippen LogP contribution in [0, 0.1) is 0 Å². The average molecular weight is 322 g/mol. The van der Waals surface area contributed by atoms with Crippen LogP contribution in [0.25, 0.3) is 0 Å². The Balaban J connectivity index is 0.00000361. The first kappa shape index (κ1) is 19.4. The molecule has 0 amide bonds. The van der Waals surface area contributed by atoms with Gasteiger partial charge in [0.2, 0.25) is 5.88 Å². The Morgan fingerprint density at radius 1 is 1.35 bits per heavy atom. The van der Waals surface area contributed by atoms with Gasteiger partial charge in [-0.15, -0.1) is 24.2 Å². The molecule has 0 aliphatic rings. The molecule has 0 bridgehead atoms. The first-order chi connectivity index (χ1) is 8.92. The molecule has 1 aromatic rings. The van der Waals surface area contributed by atoms with Crippen LogP contribution in [0.5, 0.6) is 5.88 Å². The summed E-state index contributed by atoms with van der Waals surface area (Å²) in [5.74, 6) is 1.40. The Hall–Kier alpha value is -0.560. The van der Waals surface area contributed by atoms with Crippen molar-refractivity contribution in [2.24, 2.45) is 0 Å². The van der Waals surface area contributed by atoms with Crippen LogP contribution >= 0.6 is 24.2 Å². The van der Waals surface area contributed by atoms with Gasteiger partial charge in [0.25, 0.3) is 0 Å². The number of hydrogen-bond donors (Lipinski definition) is 2. The van der Waals surface area contributed by atoms with Crippen molar-refractivity contribution in [1.29, 1.82) is 0 Å². The summed E-state index contributed by atoms with van der Waals surface area (Å²) < 4.78 is 5.53. The minimum absolute atomic E-state index is 0. The van der Waals surface area contributed by atoms with Crippen molar-refractivity contribution in [2.45, 2.75) is 44.4 Å². The second-order valence-electron chi connectivity index (χ2n) is 5.20. The first-order valence-corrected chi connectivity index (χ1v) is 7.40. The van der Waals surface area contributed by atoms with Crippen molar-refractivity contribution in [2.75, 3.05) is 18.9 Å². The topological polar surface area (TPSA) is 67.3 Å². The molecule has 7 heteroatoms. The molecule has 1 unspecified atom stereocenters. The molecular weight excluding hydrogens is 298 g/mol. The van der Waals surface area contributed by atoms with Gasteiger partial charge in [0, 0.05) is 24.5 Å². The Kier molecular flexibility index (Phi) is 9.13. The van der Waals surface area contributed by atoms with Crippen molar-refractivity contribution < 1.29 is 9.84 Å². The van der Waals surface area contributed by atoms with Gasteiger partial charge in [0.1, 0.15) is 12.7 Å². The van der Waals surface area contributed by atoms with Crippen LogP contribution in [0.2, 0.25) is 0 Å². The minimum atomic E-state index is -0.569. The molecule has 1 rings (SSSR count). The van der Waals surface area contributed by atoms with Crippen LogP contribution < -0.4 is 10.1 Å². The van der Waals surface area contributed by atoms with Gasteiger partial charge in [0.15, 0.2) is 5.03 Å². The van der Waals surface area contributed by atoms with Crippen molar-refractivity contribution in [3.05, 3.63) is 12.4 Å². The molecule has 5 nitrogen and oxygen atoms in total. The van der Waals surface area contributed by atoms with Gasteiger partial charge in [-0.1, -0.05) is 6.92 Å². The van der Waals surface area contributed by atoms with E-state index < -0.39 is 6.10 Å². The molecule has 0 saturated heterocycles. The summed E-state index contributed by atoms with van der Waals surface area (Å²) in [7, 11) is 0.